The number of hydrogen-bond acceptors (Lipinski definition) is 3. The van der Waals surface area contributed by atoms with Crippen LogP contribution in [0.15, 0.2) is 0 Å². The predicted molar refractivity (Wildman–Crippen MR) is 95.1 cm³/mol. The first kappa shape index (κ1) is 21.3. The number of halogens is 1. The van der Waals surface area contributed by atoms with Gasteiger partial charge in [-0.2, -0.15) is 20.0 Å². The Kier molecular flexibility index (Phi) is 15.4. The summed E-state index contributed by atoms with van der Waals surface area (Å²) in [5, 5.41) is 9.62. The molecule has 2 nitrogen and oxygen atoms in total. The van der Waals surface area contributed by atoms with E-state index in [1.165, 1.54) is 38.5 Å². The molecule has 0 rings (SSSR count). The SMILES string of the molecule is C[B-](C)(O)CCCSOCCCCCCCCCCCF. The molecule has 0 saturated carbocycles. The molecule has 0 aliphatic carbocycles. The maximum Gasteiger partial charge on any atom is 0.105 e. The van der Waals surface area contributed by atoms with Gasteiger partial charge in [0.1, 0.15) is 6.35 Å². The summed E-state index contributed by atoms with van der Waals surface area (Å²) in [7, 11) is 0. The van der Waals surface area contributed by atoms with Crippen LogP contribution in [0.3, 0.4) is 0 Å². The monoisotopic (exact) mass is 321 g/mol. The van der Waals surface area contributed by atoms with Gasteiger partial charge in [-0.05, 0) is 24.9 Å². The fourth-order valence-corrected chi connectivity index (χ4v) is 2.89. The zero-order valence-corrected chi connectivity index (χ0v) is 14.9. The van der Waals surface area contributed by atoms with Crippen molar-refractivity contribution in [1.29, 1.82) is 0 Å². The largest absolute Gasteiger partial charge is 0.605 e. The molecule has 0 aromatic heterocycles. The molecule has 21 heavy (non-hydrogen) atoms. The molecule has 0 fully saturated rings. The maximum atomic E-state index is 11.9. The normalized spacial score (nSPS) is 12.0. The molecule has 0 bridgehead atoms. The maximum absolute atomic E-state index is 11.9. The third-order valence-corrected chi connectivity index (χ3v) is 4.37. The van der Waals surface area contributed by atoms with Gasteiger partial charge in [-0.1, -0.05) is 51.4 Å². The highest BCUT2D eigenvalue weighted by atomic mass is 32.2. The lowest BCUT2D eigenvalue weighted by Crippen LogP contribution is -2.24. The zero-order chi connectivity index (χ0) is 15.8. The minimum Gasteiger partial charge on any atom is -0.605 e. The topological polar surface area (TPSA) is 29.5 Å². The van der Waals surface area contributed by atoms with E-state index in [4.69, 9.17) is 4.18 Å². The van der Waals surface area contributed by atoms with Crippen molar-refractivity contribution in [3.8, 4) is 0 Å². The predicted octanol–water partition coefficient (Wildman–Crippen LogP) is 5.72. The second-order valence-corrected chi connectivity index (χ2v) is 7.63. The van der Waals surface area contributed by atoms with Gasteiger partial charge in [-0.15, -0.1) is 0 Å². The highest BCUT2D eigenvalue weighted by Gasteiger charge is 2.06. The van der Waals surface area contributed by atoms with E-state index in [0.29, 0.717) is 0 Å². The average molecular weight is 321 g/mol. The van der Waals surface area contributed by atoms with Gasteiger partial charge in [-0.3, -0.25) is 4.39 Å². The molecule has 1 N–H and O–H groups in total. The molecule has 0 aliphatic rings. The highest BCUT2D eigenvalue weighted by molar-refractivity contribution is 7.94. The minimum atomic E-state index is -1.13. The van der Waals surface area contributed by atoms with E-state index in [9.17, 15) is 9.41 Å². The molecule has 0 amide bonds. The average Bonchev–Trinajstić information content (AvgIpc) is 2.42. The molecule has 0 heterocycles. The van der Waals surface area contributed by atoms with Crippen LogP contribution >= 0.6 is 12.0 Å². The summed E-state index contributed by atoms with van der Waals surface area (Å²) in [4.78, 5) is 0. The van der Waals surface area contributed by atoms with Crippen LogP contribution in [0.4, 0.5) is 4.39 Å². The zero-order valence-electron chi connectivity index (χ0n) is 14.1. The van der Waals surface area contributed by atoms with Crippen molar-refractivity contribution in [3.05, 3.63) is 0 Å². The van der Waals surface area contributed by atoms with Crippen molar-refractivity contribution in [1.82, 2.24) is 0 Å². The number of rotatable bonds is 16. The molecule has 0 aromatic carbocycles. The van der Waals surface area contributed by atoms with Crippen molar-refractivity contribution < 1.29 is 13.6 Å². The number of unbranched alkanes of at least 4 members (excludes halogenated alkanes) is 8. The molecule has 128 valence electrons. The molecule has 0 saturated heterocycles. The van der Waals surface area contributed by atoms with Gasteiger partial charge in [0.05, 0.1) is 13.3 Å². The lowest BCUT2D eigenvalue weighted by atomic mass is 9.42. The summed E-state index contributed by atoms with van der Waals surface area (Å²) in [6.07, 6.45) is 11.3. The van der Waals surface area contributed by atoms with E-state index < -0.39 is 6.35 Å². The van der Waals surface area contributed by atoms with Gasteiger partial charge in [-0.25, -0.2) is 0 Å². The van der Waals surface area contributed by atoms with Crippen LogP contribution in [0.5, 0.6) is 0 Å². The van der Waals surface area contributed by atoms with Crippen molar-refractivity contribution in [2.45, 2.75) is 84.2 Å². The molecule has 0 atom stereocenters. The third kappa shape index (κ3) is 20.3. The van der Waals surface area contributed by atoms with E-state index in [-0.39, 0.29) is 6.67 Å². The van der Waals surface area contributed by atoms with Crippen LogP contribution in [-0.4, -0.2) is 30.4 Å². The first-order valence-electron chi connectivity index (χ1n) is 8.83. The van der Waals surface area contributed by atoms with Gasteiger partial charge in [0, 0.05) is 5.75 Å². The Morgan fingerprint density at radius 3 is 1.90 bits per heavy atom. The molecule has 0 unspecified atom stereocenters. The molecular weight excluding hydrogens is 286 g/mol. The molecule has 5 heteroatoms. The summed E-state index contributed by atoms with van der Waals surface area (Å²) in [5.41, 5.74) is 0. The van der Waals surface area contributed by atoms with Crippen molar-refractivity contribution in [2.75, 3.05) is 19.0 Å². The van der Waals surface area contributed by atoms with Crippen molar-refractivity contribution >= 4 is 18.4 Å². The summed E-state index contributed by atoms with van der Waals surface area (Å²) >= 11 is 1.54. The van der Waals surface area contributed by atoms with Crippen molar-refractivity contribution in [2.24, 2.45) is 0 Å². The van der Waals surface area contributed by atoms with E-state index in [0.717, 1.165) is 44.4 Å². The lowest BCUT2D eigenvalue weighted by Gasteiger charge is -2.21. The fraction of sp³-hybridized carbons (Fsp3) is 1.00. The third-order valence-electron chi connectivity index (χ3n) is 3.58. The quantitative estimate of drug-likeness (QED) is 0.224. The van der Waals surface area contributed by atoms with Crippen LogP contribution in [0, 0.1) is 0 Å². The summed E-state index contributed by atoms with van der Waals surface area (Å²) in [5.74, 6) is 0.977. The summed E-state index contributed by atoms with van der Waals surface area (Å²) in [6, 6.07) is 0. The standard InChI is InChI=1S/C16H35BFO2S/c1-17(2,19)13-12-16-21-20-15-11-9-7-5-3-4-6-8-10-14-18/h19H,3-16H2,1-2H3/q-1. The van der Waals surface area contributed by atoms with Crippen molar-refractivity contribution in [3.63, 3.8) is 0 Å². The Bertz CT molecular complexity index is 213. The number of alkyl halides is 1. The van der Waals surface area contributed by atoms with Crippen LogP contribution in [0.2, 0.25) is 20.0 Å². The molecular formula is C16H35BFO2S-. The van der Waals surface area contributed by atoms with Gasteiger partial charge in [0.2, 0.25) is 0 Å². The van der Waals surface area contributed by atoms with Crippen LogP contribution in [-0.2, 0) is 4.18 Å². The van der Waals surface area contributed by atoms with Gasteiger partial charge in [0.25, 0.3) is 0 Å². The Balaban J connectivity index is 3.00. The second kappa shape index (κ2) is 15.2. The summed E-state index contributed by atoms with van der Waals surface area (Å²) < 4.78 is 17.4. The first-order valence-corrected chi connectivity index (χ1v) is 9.74. The summed E-state index contributed by atoms with van der Waals surface area (Å²) in [6.45, 7) is 4.50. The minimum absolute atomic E-state index is 0.156. The lowest BCUT2D eigenvalue weighted by molar-refractivity contribution is 0.354. The van der Waals surface area contributed by atoms with Gasteiger partial charge < -0.3 is 9.21 Å². The van der Waals surface area contributed by atoms with E-state index in [2.05, 4.69) is 0 Å². The smallest absolute Gasteiger partial charge is 0.105 e. The Morgan fingerprint density at radius 1 is 0.857 bits per heavy atom. The fourth-order valence-electron chi connectivity index (χ4n) is 2.25. The first-order chi connectivity index (χ1) is 10.1. The Hall–Kier alpha value is 0.265. The van der Waals surface area contributed by atoms with E-state index in [1.54, 1.807) is 12.0 Å². The molecule has 0 radical (unpaired) electrons. The van der Waals surface area contributed by atoms with E-state index in [1.807, 2.05) is 13.6 Å². The van der Waals surface area contributed by atoms with E-state index >= 15 is 0 Å². The second-order valence-electron chi connectivity index (χ2n) is 6.75. The van der Waals surface area contributed by atoms with Gasteiger partial charge in [0.15, 0.2) is 0 Å². The molecule has 0 aromatic rings. The molecule has 0 aliphatic heterocycles. The van der Waals surface area contributed by atoms with Crippen LogP contribution in [0.1, 0.15) is 64.2 Å². The van der Waals surface area contributed by atoms with Gasteiger partial charge >= 0.3 is 0 Å². The van der Waals surface area contributed by atoms with Crippen LogP contribution < -0.4 is 0 Å². The van der Waals surface area contributed by atoms with Crippen LogP contribution in [0.25, 0.3) is 0 Å². The number of hydrogen-bond donors (Lipinski definition) is 1. The Morgan fingerprint density at radius 2 is 1.38 bits per heavy atom. The highest BCUT2D eigenvalue weighted by Crippen LogP contribution is 2.14. The molecule has 0 spiro atoms. The Labute approximate surface area is 135 Å².